The van der Waals surface area contributed by atoms with Crippen LogP contribution in [0.1, 0.15) is 21.9 Å². The zero-order valence-corrected chi connectivity index (χ0v) is 14.1. The molecule has 128 valence electrons. The lowest BCUT2D eigenvalue weighted by Gasteiger charge is -2.20. The molecule has 0 bridgehead atoms. The molecule has 0 aliphatic heterocycles. The van der Waals surface area contributed by atoms with E-state index in [2.05, 4.69) is 20.1 Å². The summed E-state index contributed by atoms with van der Waals surface area (Å²) >= 11 is 0. The molecule has 0 spiro atoms. The van der Waals surface area contributed by atoms with E-state index in [-0.39, 0.29) is 11.7 Å². The minimum Gasteiger partial charge on any atom is -0.285 e. The first kappa shape index (κ1) is 15.9. The van der Waals surface area contributed by atoms with E-state index in [1.54, 1.807) is 27.9 Å². The number of hydrogen-bond acceptors (Lipinski definition) is 5. The lowest BCUT2D eigenvalue weighted by molar-refractivity contribution is 0.0974. The highest BCUT2D eigenvalue weighted by atomic mass is 16.2. The Labute approximate surface area is 150 Å². The molecule has 0 atom stereocenters. The molecule has 26 heavy (non-hydrogen) atoms. The molecule has 0 saturated heterocycles. The Balaban J connectivity index is 1.74. The van der Waals surface area contributed by atoms with Crippen LogP contribution in [0.15, 0.2) is 67.0 Å². The maximum atomic E-state index is 13.2. The van der Waals surface area contributed by atoms with Gasteiger partial charge in [-0.3, -0.25) is 9.69 Å². The fourth-order valence-corrected chi connectivity index (χ4v) is 2.65. The Morgan fingerprint density at radius 2 is 1.81 bits per heavy atom. The zero-order valence-electron chi connectivity index (χ0n) is 14.1. The molecule has 3 aromatic heterocycles. The Hall–Kier alpha value is -3.61. The van der Waals surface area contributed by atoms with E-state index in [0.717, 1.165) is 11.3 Å². The van der Waals surface area contributed by atoms with E-state index in [4.69, 9.17) is 0 Å². The first-order chi connectivity index (χ1) is 12.7. The first-order valence-corrected chi connectivity index (χ1v) is 8.17. The van der Waals surface area contributed by atoms with Gasteiger partial charge in [0.05, 0.1) is 6.54 Å². The highest BCUT2D eigenvalue weighted by Crippen LogP contribution is 2.17. The minimum atomic E-state index is -0.322. The second-order valence-corrected chi connectivity index (χ2v) is 5.80. The molecule has 0 saturated carbocycles. The number of rotatable bonds is 4. The van der Waals surface area contributed by atoms with Gasteiger partial charge in [0.25, 0.3) is 11.7 Å². The average molecular weight is 344 g/mol. The quantitative estimate of drug-likeness (QED) is 0.569. The van der Waals surface area contributed by atoms with Gasteiger partial charge in [-0.25, -0.2) is 14.5 Å². The molecule has 3 heterocycles. The van der Waals surface area contributed by atoms with E-state index >= 15 is 0 Å². The maximum Gasteiger partial charge on any atom is 0.299 e. The number of benzene rings is 1. The molecule has 1 aromatic carbocycles. The third-order valence-corrected chi connectivity index (χ3v) is 3.98. The predicted molar refractivity (Wildman–Crippen MR) is 96.7 cm³/mol. The summed E-state index contributed by atoms with van der Waals surface area (Å²) in [7, 11) is 0. The van der Waals surface area contributed by atoms with Gasteiger partial charge in [-0.1, -0.05) is 36.4 Å². The van der Waals surface area contributed by atoms with Crippen molar-refractivity contribution in [3.05, 3.63) is 84.1 Å². The van der Waals surface area contributed by atoms with E-state index in [1.165, 1.54) is 0 Å². The number of amides is 1. The number of aryl methyl sites for hydroxylation is 1. The second-order valence-electron chi connectivity index (χ2n) is 5.80. The number of fused-ring (bicyclic) bond motifs is 1. The molecular weight excluding hydrogens is 328 g/mol. The van der Waals surface area contributed by atoms with E-state index in [0.29, 0.717) is 18.1 Å². The van der Waals surface area contributed by atoms with Crippen molar-refractivity contribution in [3.63, 3.8) is 0 Å². The number of carbonyl (C=O) groups is 1. The van der Waals surface area contributed by atoms with Crippen molar-refractivity contribution in [1.82, 2.24) is 24.6 Å². The molecule has 0 radical (unpaired) electrons. The Morgan fingerprint density at radius 3 is 2.54 bits per heavy atom. The number of anilines is 1. The fraction of sp³-hybridized carbons (Fsp3) is 0.105. The van der Waals surface area contributed by atoms with Gasteiger partial charge >= 0.3 is 0 Å². The molecule has 0 aliphatic rings. The number of aromatic nitrogens is 5. The Morgan fingerprint density at radius 1 is 1.00 bits per heavy atom. The summed E-state index contributed by atoms with van der Waals surface area (Å²) in [5.41, 5.74) is 1.85. The Kier molecular flexibility index (Phi) is 4.10. The molecule has 4 rings (SSSR count). The number of pyridine rings is 1. The number of hydrogen-bond donors (Lipinski definition) is 0. The molecule has 4 aromatic rings. The molecule has 0 unspecified atom stereocenters. The highest BCUT2D eigenvalue weighted by molar-refractivity contribution is 6.03. The van der Waals surface area contributed by atoms with E-state index in [9.17, 15) is 4.79 Å². The van der Waals surface area contributed by atoms with Crippen molar-refractivity contribution in [2.24, 2.45) is 0 Å². The van der Waals surface area contributed by atoms with Gasteiger partial charge in [0.1, 0.15) is 5.82 Å². The summed E-state index contributed by atoms with van der Waals surface area (Å²) in [6.07, 6.45) is 3.30. The lowest BCUT2D eigenvalue weighted by atomic mass is 10.2. The van der Waals surface area contributed by atoms with Gasteiger partial charge in [0.15, 0.2) is 0 Å². The van der Waals surface area contributed by atoms with Crippen LogP contribution in [0.4, 0.5) is 5.82 Å². The van der Waals surface area contributed by atoms with Gasteiger partial charge in [-0.15, -0.1) is 5.10 Å². The van der Waals surface area contributed by atoms with Gasteiger partial charge in [0, 0.05) is 18.1 Å². The van der Waals surface area contributed by atoms with Gasteiger partial charge in [0.2, 0.25) is 5.82 Å². The summed E-state index contributed by atoms with van der Waals surface area (Å²) in [6, 6.07) is 17.0. The van der Waals surface area contributed by atoms with Crippen molar-refractivity contribution >= 4 is 17.5 Å². The summed E-state index contributed by atoms with van der Waals surface area (Å²) in [6.45, 7) is 2.26. The SMILES string of the molecule is Cc1ccnc2nc(C(=O)N(Cc3ccccc3)c3ccccn3)nn12. The van der Waals surface area contributed by atoms with Crippen LogP contribution in [0.3, 0.4) is 0 Å². The van der Waals surface area contributed by atoms with Crippen LogP contribution in [0.2, 0.25) is 0 Å². The second kappa shape index (κ2) is 6.72. The zero-order chi connectivity index (χ0) is 17.9. The standard InChI is InChI=1S/C19H16N6O/c1-14-10-12-21-19-22-17(23-25(14)19)18(26)24(16-9-5-6-11-20-16)13-15-7-3-2-4-8-15/h2-12H,13H2,1H3. The third-order valence-electron chi connectivity index (χ3n) is 3.98. The van der Waals surface area contributed by atoms with Gasteiger partial charge in [-0.2, -0.15) is 4.98 Å². The summed E-state index contributed by atoms with van der Waals surface area (Å²) < 4.78 is 1.56. The Bertz CT molecular complexity index is 1050. The largest absolute Gasteiger partial charge is 0.299 e. The van der Waals surface area contributed by atoms with E-state index in [1.807, 2.05) is 55.5 Å². The average Bonchev–Trinajstić information content (AvgIpc) is 3.13. The highest BCUT2D eigenvalue weighted by Gasteiger charge is 2.24. The fourth-order valence-electron chi connectivity index (χ4n) is 2.65. The lowest BCUT2D eigenvalue weighted by Crippen LogP contribution is -2.32. The van der Waals surface area contributed by atoms with Crippen LogP contribution in [0.5, 0.6) is 0 Å². The van der Waals surface area contributed by atoms with Crippen LogP contribution in [-0.2, 0) is 6.54 Å². The van der Waals surface area contributed by atoms with Crippen LogP contribution >= 0.6 is 0 Å². The molecule has 7 heteroatoms. The number of carbonyl (C=O) groups excluding carboxylic acids is 1. The maximum absolute atomic E-state index is 13.2. The monoisotopic (exact) mass is 344 g/mol. The van der Waals surface area contributed by atoms with Crippen LogP contribution < -0.4 is 4.90 Å². The first-order valence-electron chi connectivity index (χ1n) is 8.17. The molecule has 0 N–H and O–H groups in total. The van der Waals surface area contributed by atoms with Crippen LogP contribution in [0.25, 0.3) is 5.78 Å². The van der Waals surface area contributed by atoms with Crippen molar-refractivity contribution < 1.29 is 4.79 Å². The van der Waals surface area contributed by atoms with E-state index < -0.39 is 0 Å². The van der Waals surface area contributed by atoms with Crippen molar-refractivity contribution in [3.8, 4) is 0 Å². The molecule has 1 amide bonds. The minimum absolute atomic E-state index is 0.0911. The third kappa shape index (κ3) is 3.02. The summed E-state index contributed by atoms with van der Waals surface area (Å²) in [4.78, 5) is 27.5. The van der Waals surface area contributed by atoms with Gasteiger partial charge in [-0.05, 0) is 30.7 Å². The molecular formula is C19H16N6O. The smallest absolute Gasteiger partial charge is 0.285 e. The topological polar surface area (TPSA) is 76.3 Å². The van der Waals surface area contributed by atoms with Crippen molar-refractivity contribution in [2.45, 2.75) is 13.5 Å². The number of nitrogens with zero attached hydrogens (tertiary/aromatic N) is 6. The van der Waals surface area contributed by atoms with Crippen LogP contribution in [0, 0.1) is 6.92 Å². The summed E-state index contributed by atoms with van der Waals surface area (Å²) in [5.74, 6) is 0.713. The molecule has 0 aliphatic carbocycles. The summed E-state index contributed by atoms with van der Waals surface area (Å²) in [5, 5.41) is 4.32. The molecule has 7 nitrogen and oxygen atoms in total. The van der Waals surface area contributed by atoms with Crippen LogP contribution in [-0.4, -0.2) is 30.5 Å². The van der Waals surface area contributed by atoms with Crippen molar-refractivity contribution in [2.75, 3.05) is 4.90 Å². The predicted octanol–water partition coefficient (Wildman–Crippen LogP) is 2.67. The van der Waals surface area contributed by atoms with Gasteiger partial charge < -0.3 is 0 Å². The van der Waals surface area contributed by atoms with Crippen molar-refractivity contribution in [1.29, 1.82) is 0 Å². The normalized spacial score (nSPS) is 10.8. The molecule has 0 fully saturated rings.